The van der Waals surface area contributed by atoms with Crippen molar-refractivity contribution in [2.75, 3.05) is 77.2 Å². The van der Waals surface area contributed by atoms with E-state index in [0.29, 0.717) is 62.8 Å². The molecule has 0 aromatic heterocycles. The van der Waals surface area contributed by atoms with Gasteiger partial charge in [0, 0.05) is 62.8 Å². The second kappa shape index (κ2) is 12.6. The number of aromatic hydroxyl groups is 1. The highest BCUT2D eigenvalue weighted by atomic mass is 16.3. The quantitative estimate of drug-likeness (QED) is 0.158. The van der Waals surface area contributed by atoms with E-state index in [2.05, 4.69) is 21.3 Å². The highest BCUT2D eigenvalue weighted by Crippen LogP contribution is 2.40. The number of fused-ring (bicyclic) bond motifs is 2. The molecular formula is C25H35N5O5. The number of carbonyl (C=O) groups excluding carboxylic acids is 2. The Hall–Kier alpha value is -3.02. The molecule has 3 rings (SSSR count). The van der Waals surface area contributed by atoms with E-state index in [1.54, 1.807) is 18.2 Å². The minimum atomic E-state index is -0.402. The third kappa shape index (κ3) is 6.16. The molecule has 0 saturated heterocycles. The maximum absolute atomic E-state index is 13.9. The fourth-order valence-electron chi connectivity index (χ4n) is 4.19. The maximum Gasteiger partial charge on any atom is 0.200 e. The van der Waals surface area contributed by atoms with Crippen LogP contribution < -0.4 is 21.3 Å². The van der Waals surface area contributed by atoms with E-state index < -0.39 is 5.78 Å². The van der Waals surface area contributed by atoms with Crippen molar-refractivity contribution < 1.29 is 24.9 Å². The van der Waals surface area contributed by atoms with Crippen molar-refractivity contribution in [3.63, 3.8) is 0 Å². The van der Waals surface area contributed by atoms with Gasteiger partial charge in [-0.3, -0.25) is 9.59 Å². The van der Waals surface area contributed by atoms with Crippen LogP contribution in [0.4, 0.5) is 11.4 Å². The Morgan fingerprint density at radius 1 is 0.686 bits per heavy atom. The maximum atomic E-state index is 13.9. The molecule has 2 aromatic carbocycles. The van der Waals surface area contributed by atoms with Gasteiger partial charge < -0.3 is 41.5 Å². The molecule has 0 amide bonds. The van der Waals surface area contributed by atoms with E-state index in [1.165, 1.54) is 6.07 Å². The number of benzene rings is 2. The van der Waals surface area contributed by atoms with Gasteiger partial charge in [0.15, 0.2) is 11.6 Å². The molecule has 10 heteroatoms. The molecule has 10 nitrogen and oxygen atoms in total. The number of phenols is 1. The first-order valence-electron chi connectivity index (χ1n) is 11.8. The van der Waals surface area contributed by atoms with Gasteiger partial charge in [-0.15, -0.1) is 0 Å². The van der Waals surface area contributed by atoms with Gasteiger partial charge in [0.25, 0.3) is 0 Å². The molecule has 1 aliphatic rings. The van der Waals surface area contributed by atoms with Crippen LogP contribution in [0.2, 0.25) is 0 Å². The van der Waals surface area contributed by atoms with Crippen molar-refractivity contribution in [2.45, 2.75) is 6.54 Å². The summed E-state index contributed by atoms with van der Waals surface area (Å²) in [5, 5.41) is 41.1. The number of aliphatic hydroxyl groups is 2. The number of hydrogen-bond acceptors (Lipinski definition) is 10. The SMILES string of the molecule is CN(C)Cc1ccc(O)c2c1C(=O)c1c(NCCNCCO)ccc(NCCNCCO)c1C2=O. The van der Waals surface area contributed by atoms with Crippen LogP contribution in [0.25, 0.3) is 0 Å². The van der Waals surface area contributed by atoms with E-state index in [0.717, 1.165) is 0 Å². The summed E-state index contributed by atoms with van der Waals surface area (Å²) in [7, 11) is 3.75. The first-order valence-corrected chi connectivity index (χ1v) is 11.8. The van der Waals surface area contributed by atoms with Crippen LogP contribution in [-0.4, -0.2) is 98.4 Å². The zero-order valence-electron chi connectivity index (χ0n) is 20.3. The predicted molar refractivity (Wildman–Crippen MR) is 136 cm³/mol. The van der Waals surface area contributed by atoms with Gasteiger partial charge in [0.05, 0.1) is 29.9 Å². The Kier molecular flexibility index (Phi) is 9.58. The van der Waals surface area contributed by atoms with Gasteiger partial charge in [-0.2, -0.15) is 0 Å². The molecule has 0 saturated carbocycles. The topological polar surface area (TPSA) is 146 Å². The van der Waals surface area contributed by atoms with Crippen LogP contribution in [0.15, 0.2) is 24.3 Å². The minimum Gasteiger partial charge on any atom is -0.507 e. The number of phenolic OH excluding ortho intramolecular Hbond substituents is 1. The molecule has 0 atom stereocenters. The zero-order valence-corrected chi connectivity index (χ0v) is 20.3. The molecule has 0 fully saturated rings. The lowest BCUT2D eigenvalue weighted by Gasteiger charge is -2.26. The summed E-state index contributed by atoms with van der Waals surface area (Å²) in [6, 6.07) is 6.68. The van der Waals surface area contributed by atoms with Crippen molar-refractivity contribution in [1.82, 2.24) is 15.5 Å². The lowest BCUT2D eigenvalue weighted by atomic mass is 9.79. The molecule has 7 N–H and O–H groups in total. The van der Waals surface area contributed by atoms with Gasteiger partial charge in [-0.05, 0) is 37.9 Å². The van der Waals surface area contributed by atoms with E-state index in [1.807, 2.05) is 19.0 Å². The molecule has 0 spiro atoms. The molecule has 0 radical (unpaired) electrons. The van der Waals surface area contributed by atoms with Gasteiger partial charge in [0.1, 0.15) is 5.75 Å². The van der Waals surface area contributed by atoms with Crippen molar-refractivity contribution in [1.29, 1.82) is 0 Å². The summed E-state index contributed by atoms with van der Waals surface area (Å²) >= 11 is 0. The lowest BCUT2D eigenvalue weighted by molar-refractivity contribution is 0.0976. The summed E-state index contributed by atoms with van der Waals surface area (Å²) in [5.74, 6) is -0.926. The Bertz CT molecular complexity index is 1060. The van der Waals surface area contributed by atoms with Crippen LogP contribution in [0.1, 0.15) is 37.4 Å². The van der Waals surface area contributed by atoms with E-state index in [-0.39, 0.29) is 47.0 Å². The Morgan fingerprint density at radius 2 is 1.20 bits per heavy atom. The molecule has 0 unspecified atom stereocenters. The number of nitrogens with one attached hydrogen (secondary N) is 4. The molecule has 0 bridgehead atoms. The van der Waals surface area contributed by atoms with Crippen LogP contribution in [0.5, 0.6) is 5.75 Å². The zero-order chi connectivity index (χ0) is 25.4. The second-order valence-electron chi connectivity index (χ2n) is 8.60. The minimum absolute atomic E-state index is 0.0290. The summed E-state index contributed by atoms with van der Waals surface area (Å²) in [6.45, 7) is 3.52. The van der Waals surface area contributed by atoms with E-state index in [4.69, 9.17) is 10.2 Å². The van der Waals surface area contributed by atoms with Crippen LogP contribution >= 0.6 is 0 Å². The standard InChI is InChI=1S/C25H35N5O5/c1-30(2)15-16-3-6-19(33)23-20(16)24(34)21-17(28-9-7-26-11-13-31)4-5-18(22(21)25(23)35)29-10-8-27-12-14-32/h3-6,26-29,31-33H,7-15H2,1-2H3. The van der Waals surface area contributed by atoms with Crippen molar-refractivity contribution in [3.8, 4) is 5.75 Å². The van der Waals surface area contributed by atoms with Crippen molar-refractivity contribution in [3.05, 3.63) is 52.1 Å². The highest BCUT2D eigenvalue weighted by molar-refractivity contribution is 6.33. The normalized spacial score (nSPS) is 12.6. The first kappa shape index (κ1) is 26.6. The molecule has 190 valence electrons. The third-order valence-corrected chi connectivity index (χ3v) is 5.68. The summed E-state index contributed by atoms with van der Waals surface area (Å²) in [4.78, 5) is 29.6. The number of aliphatic hydroxyl groups excluding tert-OH is 2. The molecule has 2 aromatic rings. The van der Waals surface area contributed by atoms with E-state index in [9.17, 15) is 14.7 Å². The molecule has 0 heterocycles. The predicted octanol–water partition coefficient (Wildman–Crippen LogP) is 0.217. The van der Waals surface area contributed by atoms with Gasteiger partial charge in [-0.25, -0.2) is 0 Å². The van der Waals surface area contributed by atoms with Crippen LogP contribution in [-0.2, 0) is 6.54 Å². The number of hydrogen-bond donors (Lipinski definition) is 7. The second-order valence-corrected chi connectivity index (χ2v) is 8.60. The molecule has 1 aliphatic carbocycles. The Morgan fingerprint density at radius 3 is 1.69 bits per heavy atom. The van der Waals surface area contributed by atoms with Crippen molar-refractivity contribution in [2.24, 2.45) is 0 Å². The highest BCUT2D eigenvalue weighted by Gasteiger charge is 2.37. The van der Waals surface area contributed by atoms with E-state index >= 15 is 0 Å². The average molecular weight is 486 g/mol. The Balaban J connectivity index is 2.02. The number of ketones is 2. The Labute approximate surface area is 205 Å². The lowest BCUT2D eigenvalue weighted by Crippen LogP contribution is -2.29. The smallest absolute Gasteiger partial charge is 0.200 e. The summed E-state index contributed by atoms with van der Waals surface area (Å²) < 4.78 is 0. The fourth-order valence-corrected chi connectivity index (χ4v) is 4.19. The number of carbonyl (C=O) groups is 2. The summed E-state index contributed by atoms with van der Waals surface area (Å²) in [5.41, 5.74) is 2.51. The third-order valence-electron chi connectivity index (χ3n) is 5.68. The number of anilines is 2. The molecular weight excluding hydrogens is 450 g/mol. The average Bonchev–Trinajstić information content (AvgIpc) is 2.83. The largest absolute Gasteiger partial charge is 0.507 e. The summed E-state index contributed by atoms with van der Waals surface area (Å²) in [6.07, 6.45) is 0. The number of rotatable bonds is 14. The van der Waals surface area contributed by atoms with Gasteiger partial charge in [-0.1, -0.05) is 6.07 Å². The van der Waals surface area contributed by atoms with Crippen LogP contribution in [0.3, 0.4) is 0 Å². The van der Waals surface area contributed by atoms with Gasteiger partial charge in [0.2, 0.25) is 0 Å². The van der Waals surface area contributed by atoms with Crippen molar-refractivity contribution >= 4 is 22.9 Å². The van der Waals surface area contributed by atoms with Gasteiger partial charge >= 0.3 is 0 Å². The number of nitrogens with zero attached hydrogens (tertiary/aromatic N) is 1. The van der Waals surface area contributed by atoms with Crippen LogP contribution in [0, 0.1) is 0 Å². The molecule has 0 aliphatic heterocycles. The fraction of sp³-hybridized carbons (Fsp3) is 0.440. The monoisotopic (exact) mass is 485 g/mol. The molecule has 35 heavy (non-hydrogen) atoms. The first-order chi connectivity index (χ1) is 16.9.